The second kappa shape index (κ2) is 18.4. The highest BCUT2D eigenvalue weighted by Crippen LogP contribution is 2.32. The van der Waals surface area contributed by atoms with Crippen molar-refractivity contribution in [2.45, 2.75) is 70.2 Å². The summed E-state index contributed by atoms with van der Waals surface area (Å²) in [6.45, 7) is 7.39. The zero-order valence-electron chi connectivity index (χ0n) is 32.3. The molecule has 1 aliphatic rings. The number of aromatic carboxylic acids is 1. The molecular weight excluding hydrogens is 733 g/mol. The van der Waals surface area contributed by atoms with Crippen LogP contribution in [0.15, 0.2) is 95.9 Å². The molecule has 0 aliphatic heterocycles. The summed E-state index contributed by atoms with van der Waals surface area (Å²) in [5, 5.41) is 21.5. The third-order valence-electron chi connectivity index (χ3n) is 10.6. The lowest BCUT2D eigenvalue weighted by Crippen LogP contribution is -2.43. The lowest BCUT2D eigenvalue weighted by Gasteiger charge is -2.34. The van der Waals surface area contributed by atoms with Gasteiger partial charge in [0.15, 0.2) is 0 Å². The van der Waals surface area contributed by atoms with Crippen molar-refractivity contribution in [3.8, 4) is 0 Å². The molecule has 4 aromatic carbocycles. The number of benzene rings is 4. The molecule has 0 unspecified atom stereocenters. The Bertz CT molecular complexity index is 2140. The van der Waals surface area contributed by atoms with Gasteiger partial charge in [0.2, 0.25) is 10.0 Å². The standard InChI is InChI=1S/C43H50N4O8S/c1-5-46(6-2)36-25-26-39(38(28-36)40(48)44-34-21-15-30(16-22-34)12-11-29-13-17-31(18-14-29)42(50)51)45(4)41(49)33-9-8-10-37(27-33)56(54,55)47(7-3)35-23-19-32(20-24-35)43(52)53/h8-10,13-18,21-22,25-28,32,35H,5-7,11-12,19-20,23-24H2,1-4H3,(H,44,48)(H,50,51)(H,52,53). The highest BCUT2D eigenvalue weighted by Gasteiger charge is 2.35. The fourth-order valence-corrected chi connectivity index (χ4v) is 9.04. The van der Waals surface area contributed by atoms with Crippen molar-refractivity contribution in [2.75, 3.05) is 41.8 Å². The highest BCUT2D eigenvalue weighted by atomic mass is 32.2. The molecule has 3 N–H and O–H groups in total. The molecule has 0 bridgehead atoms. The molecule has 0 radical (unpaired) electrons. The first-order valence-corrected chi connectivity index (χ1v) is 20.5. The number of nitrogens with one attached hydrogen (secondary N) is 1. The molecule has 5 rings (SSSR count). The second-order valence-corrected chi connectivity index (χ2v) is 15.9. The van der Waals surface area contributed by atoms with Gasteiger partial charge in [-0.1, -0.05) is 37.3 Å². The van der Waals surface area contributed by atoms with Gasteiger partial charge in [0.25, 0.3) is 11.8 Å². The van der Waals surface area contributed by atoms with Gasteiger partial charge in [0, 0.05) is 49.7 Å². The lowest BCUT2D eigenvalue weighted by atomic mass is 9.86. The van der Waals surface area contributed by atoms with Crippen molar-refractivity contribution in [1.29, 1.82) is 0 Å². The zero-order valence-corrected chi connectivity index (χ0v) is 33.1. The van der Waals surface area contributed by atoms with E-state index in [-0.39, 0.29) is 34.2 Å². The number of carboxylic acid groups (broad SMARTS) is 2. The highest BCUT2D eigenvalue weighted by molar-refractivity contribution is 7.89. The second-order valence-electron chi connectivity index (χ2n) is 14.0. The molecule has 0 heterocycles. The predicted molar refractivity (Wildman–Crippen MR) is 217 cm³/mol. The number of carboxylic acids is 2. The van der Waals surface area contributed by atoms with Gasteiger partial charge in [0.05, 0.1) is 27.6 Å². The summed E-state index contributed by atoms with van der Waals surface area (Å²) in [7, 11) is -2.46. The fourth-order valence-electron chi connectivity index (χ4n) is 7.30. The number of aliphatic carboxylic acids is 1. The van der Waals surface area contributed by atoms with Crippen LogP contribution in [0.25, 0.3) is 0 Å². The summed E-state index contributed by atoms with van der Waals surface area (Å²) in [5.41, 5.74) is 4.39. The number of carbonyl (C=O) groups is 4. The summed E-state index contributed by atoms with van der Waals surface area (Å²) >= 11 is 0. The number of amides is 2. The van der Waals surface area contributed by atoms with E-state index in [0.29, 0.717) is 56.6 Å². The number of rotatable bonds is 16. The molecule has 0 aromatic heterocycles. The van der Waals surface area contributed by atoms with Gasteiger partial charge in [-0.15, -0.1) is 0 Å². The molecule has 2 amide bonds. The van der Waals surface area contributed by atoms with Crippen LogP contribution in [0.2, 0.25) is 0 Å². The van der Waals surface area contributed by atoms with Crippen LogP contribution in [0.3, 0.4) is 0 Å². The molecule has 1 aliphatic carbocycles. The van der Waals surface area contributed by atoms with Crippen LogP contribution in [0, 0.1) is 5.92 Å². The molecule has 13 heteroatoms. The summed E-state index contributed by atoms with van der Waals surface area (Å²) in [6.07, 6.45) is 3.12. The van der Waals surface area contributed by atoms with Crippen LogP contribution in [0.1, 0.15) is 88.7 Å². The molecule has 0 spiro atoms. The van der Waals surface area contributed by atoms with E-state index in [1.54, 1.807) is 56.4 Å². The normalized spacial score (nSPS) is 15.6. The maximum absolute atomic E-state index is 14.1. The van der Waals surface area contributed by atoms with E-state index in [1.807, 2.05) is 44.2 Å². The average Bonchev–Trinajstić information content (AvgIpc) is 3.21. The van der Waals surface area contributed by atoms with E-state index in [2.05, 4.69) is 10.2 Å². The molecular formula is C43H50N4O8S. The number of aryl methyl sites for hydroxylation is 2. The van der Waals surface area contributed by atoms with Crippen LogP contribution in [-0.2, 0) is 27.7 Å². The Morgan fingerprint density at radius 2 is 1.34 bits per heavy atom. The smallest absolute Gasteiger partial charge is 0.335 e. The Labute approximate surface area is 328 Å². The third-order valence-corrected chi connectivity index (χ3v) is 12.6. The van der Waals surface area contributed by atoms with Gasteiger partial charge in [0.1, 0.15) is 0 Å². The van der Waals surface area contributed by atoms with Crippen LogP contribution in [0.5, 0.6) is 0 Å². The van der Waals surface area contributed by atoms with E-state index < -0.39 is 39.7 Å². The summed E-state index contributed by atoms with van der Waals surface area (Å²) in [5.74, 6) is -3.23. The first kappa shape index (κ1) is 41.6. The lowest BCUT2D eigenvalue weighted by molar-refractivity contribution is -0.143. The molecule has 4 aromatic rings. The topological polar surface area (TPSA) is 165 Å². The van der Waals surface area contributed by atoms with Gasteiger partial charge in [-0.05, 0) is 124 Å². The quantitative estimate of drug-likeness (QED) is 0.107. The van der Waals surface area contributed by atoms with Crippen molar-refractivity contribution in [3.63, 3.8) is 0 Å². The van der Waals surface area contributed by atoms with Crippen LogP contribution >= 0.6 is 0 Å². The number of nitrogens with zero attached hydrogens (tertiary/aromatic N) is 3. The van der Waals surface area contributed by atoms with Crippen LogP contribution in [-0.4, -0.2) is 79.4 Å². The van der Waals surface area contributed by atoms with Crippen molar-refractivity contribution in [3.05, 3.63) is 119 Å². The summed E-state index contributed by atoms with van der Waals surface area (Å²) < 4.78 is 29.3. The summed E-state index contributed by atoms with van der Waals surface area (Å²) in [4.78, 5) is 54.1. The average molecular weight is 783 g/mol. The van der Waals surface area contributed by atoms with Crippen molar-refractivity contribution in [1.82, 2.24) is 4.31 Å². The number of anilines is 3. The number of sulfonamides is 1. The first-order valence-electron chi connectivity index (χ1n) is 19.0. The van der Waals surface area contributed by atoms with Gasteiger partial charge >= 0.3 is 11.9 Å². The monoisotopic (exact) mass is 782 g/mol. The van der Waals surface area contributed by atoms with E-state index in [4.69, 9.17) is 5.11 Å². The van der Waals surface area contributed by atoms with Crippen LogP contribution in [0.4, 0.5) is 17.1 Å². The van der Waals surface area contributed by atoms with Gasteiger partial charge in [-0.2, -0.15) is 4.31 Å². The van der Waals surface area contributed by atoms with E-state index in [0.717, 1.165) is 23.2 Å². The molecule has 1 saturated carbocycles. The maximum Gasteiger partial charge on any atom is 0.335 e. The van der Waals surface area contributed by atoms with Gasteiger partial charge < -0.3 is 25.3 Å². The Balaban J connectivity index is 1.35. The minimum atomic E-state index is -4.01. The molecule has 0 saturated heterocycles. The van der Waals surface area contributed by atoms with Crippen molar-refractivity contribution < 1.29 is 37.8 Å². The Morgan fingerprint density at radius 3 is 1.89 bits per heavy atom. The molecule has 0 atom stereocenters. The molecule has 56 heavy (non-hydrogen) atoms. The molecule has 296 valence electrons. The number of hydrogen-bond acceptors (Lipinski definition) is 7. The van der Waals surface area contributed by atoms with E-state index in [9.17, 15) is 32.7 Å². The van der Waals surface area contributed by atoms with Gasteiger partial charge in [-0.3, -0.25) is 14.4 Å². The van der Waals surface area contributed by atoms with Gasteiger partial charge in [-0.25, -0.2) is 13.2 Å². The minimum Gasteiger partial charge on any atom is -0.481 e. The third kappa shape index (κ3) is 9.64. The first-order chi connectivity index (χ1) is 26.8. The van der Waals surface area contributed by atoms with Crippen molar-refractivity contribution in [2.24, 2.45) is 5.92 Å². The fraction of sp³-hybridized carbons (Fsp3) is 0.349. The predicted octanol–water partition coefficient (Wildman–Crippen LogP) is 7.20. The zero-order chi connectivity index (χ0) is 40.6. The Kier molecular flexibility index (Phi) is 13.7. The van der Waals surface area contributed by atoms with E-state index in [1.165, 1.54) is 27.4 Å². The Hall–Kier alpha value is -5.53. The largest absolute Gasteiger partial charge is 0.481 e. The van der Waals surface area contributed by atoms with Crippen LogP contribution < -0.4 is 15.1 Å². The SMILES string of the molecule is CCN(CC)c1ccc(N(C)C(=O)c2cccc(S(=O)(=O)N(CC)C3CCC(C(=O)O)CC3)c2)c(C(=O)Nc2ccc(CCc3ccc(C(=O)O)cc3)cc2)c1. The van der Waals surface area contributed by atoms with Crippen molar-refractivity contribution >= 4 is 50.8 Å². The Morgan fingerprint density at radius 1 is 0.732 bits per heavy atom. The molecule has 1 fully saturated rings. The number of hydrogen-bond donors (Lipinski definition) is 3. The molecule has 12 nitrogen and oxygen atoms in total. The summed E-state index contributed by atoms with van der Waals surface area (Å²) in [6, 6.07) is 25.1. The maximum atomic E-state index is 14.1. The number of carbonyl (C=O) groups excluding carboxylic acids is 2. The van der Waals surface area contributed by atoms with E-state index >= 15 is 0 Å². The minimum absolute atomic E-state index is 0.0339.